The fraction of sp³-hybridized carbons (Fsp3) is 1.00. The highest BCUT2D eigenvalue weighted by Gasteiger charge is 2.27. The lowest BCUT2D eigenvalue weighted by Gasteiger charge is -2.33. The van der Waals surface area contributed by atoms with Crippen molar-refractivity contribution in [2.24, 2.45) is 5.92 Å². The van der Waals surface area contributed by atoms with E-state index in [2.05, 4.69) is 18.7 Å². The molecule has 4 heteroatoms. The van der Waals surface area contributed by atoms with Gasteiger partial charge in [0.2, 0.25) is 0 Å². The molecular formula is C12H25NO2S. The lowest BCUT2D eigenvalue weighted by Crippen LogP contribution is -2.43. The highest BCUT2D eigenvalue weighted by atomic mass is 32.2. The van der Waals surface area contributed by atoms with Crippen LogP contribution in [0.4, 0.5) is 0 Å². The Morgan fingerprint density at radius 1 is 1.31 bits per heavy atom. The molecule has 0 aromatic rings. The number of hydrogen-bond acceptors (Lipinski definition) is 3. The molecule has 0 aromatic heterocycles. The first-order valence-electron chi connectivity index (χ1n) is 6.38. The second-order valence-electron chi connectivity index (χ2n) is 5.04. The SMILES string of the molecule is CCC(CC)CN1CCC[C@@H](S(C)(=O)=O)C1. The minimum absolute atomic E-state index is 0.129. The summed E-state index contributed by atoms with van der Waals surface area (Å²) in [6.45, 7) is 7.31. The fourth-order valence-electron chi connectivity index (χ4n) is 2.44. The van der Waals surface area contributed by atoms with Crippen molar-refractivity contribution in [3.63, 3.8) is 0 Å². The second-order valence-corrected chi connectivity index (χ2v) is 7.36. The van der Waals surface area contributed by atoms with Crippen molar-refractivity contribution in [2.45, 2.75) is 44.8 Å². The van der Waals surface area contributed by atoms with Gasteiger partial charge >= 0.3 is 0 Å². The van der Waals surface area contributed by atoms with E-state index in [0.29, 0.717) is 0 Å². The van der Waals surface area contributed by atoms with Crippen LogP contribution < -0.4 is 0 Å². The molecule has 0 aromatic carbocycles. The molecule has 3 nitrogen and oxygen atoms in total. The van der Waals surface area contributed by atoms with Crippen molar-refractivity contribution in [1.82, 2.24) is 4.90 Å². The molecule has 0 radical (unpaired) electrons. The van der Waals surface area contributed by atoms with Gasteiger partial charge < -0.3 is 4.90 Å². The lowest BCUT2D eigenvalue weighted by molar-refractivity contribution is 0.192. The Kier molecular flexibility index (Phi) is 5.25. The zero-order chi connectivity index (χ0) is 12.2. The van der Waals surface area contributed by atoms with Gasteiger partial charge in [-0.15, -0.1) is 0 Å². The predicted octanol–water partition coefficient (Wildman–Crippen LogP) is 1.93. The van der Waals surface area contributed by atoms with Crippen LogP contribution in [-0.2, 0) is 9.84 Å². The largest absolute Gasteiger partial charge is 0.302 e. The Morgan fingerprint density at radius 3 is 2.44 bits per heavy atom. The minimum atomic E-state index is -2.85. The van der Waals surface area contributed by atoms with Gasteiger partial charge in [0.1, 0.15) is 0 Å². The quantitative estimate of drug-likeness (QED) is 0.745. The minimum Gasteiger partial charge on any atom is -0.302 e. The van der Waals surface area contributed by atoms with E-state index < -0.39 is 9.84 Å². The first-order valence-corrected chi connectivity index (χ1v) is 8.34. The Morgan fingerprint density at radius 2 is 1.94 bits per heavy atom. The van der Waals surface area contributed by atoms with Crippen molar-refractivity contribution in [2.75, 3.05) is 25.9 Å². The van der Waals surface area contributed by atoms with Crippen molar-refractivity contribution in [1.29, 1.82) is 0 Å². The molecule has 0 N–H and O–H groups in total. The molecule has 0 spiro atoms. The van der Waals surface area contributed by atoms with E-state index in [1.54, 1.807) is 0 Å². The summed E-state index contributed by atoms with van der Waals surface area (Å²) in [5, 5.41) is -0.129. The summed E-state index contributed by atoms with van der Waals surface area (Å²) >= 11 is 0. The maximum atomic E-state index is 11.5. The molecule has 1 aliphatic rings. The third-order valence-corrected chi connectivity index (χ3v) is 5.33. The van der Waals surface area contributed by atoms with Gasteiger partial charge in [-0.3, -0.25) is 0 Å². The number of hydrogen-bond donors (Lipinski definition) is 0. The Bertz CT molecular complexity index is 296. The van der Waals surface area contributed by atoms with Crippen molar-refractivity contribution >= 4 is 9.84 Å². The molecule has 1 heterocycles. The standard InChI is InChI=1S/C12H25NO2S/c1-4-11(5-2)9-13-8-6-7-12(10-13)16(3,14)15/h11-12H,4-10H2,1-3H3/t12-/m1/s1. The number of nitrogens with zero attached hydrogens (tertiary/aromatic N) is 1. The normalized spacial score (nSPS) is 23.9. The maximum Gasteiger partial charge on any atom is 0.151 e. The van der Waals surface area contributed by atoms with Crippen LogP contribution in [0.2, 0.25) is 0 Å². The third kappa shape index (κ3) is 4.06. The lowest BCUT2D eigenvalue weighted by atomic mass is 10.0. The van der Waals surface area contributed by atoms with E-state index >= 15 is 0 Å². The van der Waals surface area contributed by atoms with E-state index in [9.17, 15) is 8.42 Å². The van der Waals surface area contributed by atoms with Crippen LogP contribution in [0.1, 0.15) is 39.5 Å². The number of piperidine rings is 1. The highest BCUT2D eigenvalue weighted by Crippen LogP contribution is 2.19. The summed E-state index contributed by atoms with van der Waals surface area (Å²) in [5.41, 5.74) is 0. The molecule has 96 valence electrons. The van der Waals surface area contributed by atoms with Gasteiger partial charge in [-0.1, -0.05) is 26.7 Å². The Hall–Kier alpha value is -0.0900. The van der Waals surface area contributed by atoms with E-state index in [4.69, 9.17) is 0 Å². The summed E-state index contributed by atoms with van der Waals surface area (Å²) in [7, 11) is -2.85. The number of rotatable bonds is 5. The van der Waals surface area contributed by atoms with Gasteiger partial charge in [0, 0.05) is 19.3 Å². The number of likely N-dealkylation sites (tertiary alicyclic amines) is 1. The average Bonchev–Trinajstić information content (AvgIpc) is 2.25. The molecule has 1 saturated heterocycles. The first kappa shape index (κ1) is 14.0. The van der Waals surface area contributed by atoms with Gasteiger partial charge in [-0.05, 0) is 25.3 Å². The molecule has 0 aliphatic carbocycles. The maximum absolute atomic E-state index is 11.5. The molecule has 0 bridgehead atoms. The average molecular weight is 247 g/mol. The zero-order valence-corrected chi connectivity index (χ0v) is 11.6. The van der Waals surface area contributed by atoms with Crippen LogP contribution in [0.3, 0.4) is 0 Å². The predicted molar refractivity (Wildman–Crippen MR) is 68.4 cm³/mol. The van der Waals surface area contributed by atoms with Crippen LogP contribution in [0.5, 0.6) is 0 Å². The fourth-order valence-corrected chi connectivity index (χ4v) is 3.52. The monoisotopic (exact) mass is 247 g/mol. The molecule has 1 fully saturated rings. The van der Waals surface area contributed by atoms with E-state index in [-0.39, 0.29) is 5.25 Å². The number of sulfone groups is 1. The van der Waals surface area contributed by atoms with Gasteiger partial charge in [0.25, 0.3) is 0 Å². The molecule has 1 atom stereocenters. The second kappa shape index (κ2) is 6.01. The molecule has 1 aliphatic heterocycles. The zero-order valence-electron chi connectivity index (χ0n) is 10.8. The first-order chi connectivity index (χ1) is 7.47. The van der Waals surface area contributed by atoms with E-state index in [1.165, 1.54) is 19.1 Å². The summed E-state index contributed by atoms with van der Waals surface area (Å²) < 4.78 is 23.1. The van der Waals surface area contributed by atoms with Gasteiger partial charge in [0.15, 0.2) is 9.84 Å². The van der Waals surface area contributed by atoms with Crippen LogP contribution in [0, 0.1) is 5.92 Å². The van der Waals surface area contributed by atoms with Crippen LogP contribution in [-0.4, -0.2) is 44.5 Å². The summed E-state index contributed by atoms with van der Waals surface area (Å²) in [6.07, 6.45) is 5.63. The van der Waals surface area contributed by atoms with Crippen LogP contribution in [0.25, 0.3) is 0 Å². The van der Waals surface area contributed by atoms with Gasteiger partial charge in [-0.2, -0.15) is 0 Å². The van der Waals surface area contributed by atoms with Crippen molar-refractivity contribution in [3.05, 3.63) is 0 Å². The van der Waals surface area contributed by atoms with Crippen molar-refractivity contribution < 1.29 is 8.42 Å². The highest BCUT2D eigenvalue weighted by molar-refractivity contribution is 7.91. The van der Waals surface area contributed by atoms with Gasteiger partial charge in [-0.25, -0.2) is 8.42 Å². The molecule has 1 rings (SSSR count). The summed E-state index contributed by atoms with van der Waals surface area (Å²) in [4.78, 5) is 2.34. The molecule has 0 unspecified atom stereocenters. The smallest absolute Gasteiger partial charge is 0.151 e. The third-order valence-electron chi connectivity index (χ3n) is 3.74. The van der Waals surface area contributed by atoms with E-state index in [0.717, 1.165) is 38.4 Å². The van der Waals surface area contributed by atoms with Gasteiger partial charge in [0.05, 0.1) is 5.25 Å². The molecule has 16 heavy (non-hydrogen) atoms. The topological polar surface area (TPSA) is 37.4 Å². The van der Waals surface area contributed by atoms with Crippen molar-refractivity contribution in [3.8, 4) is 0 Å². The molecular weight excluding hydrogens is 222 g/mol. The summed E-state index contributed by atoms with van der Waals surface area (Å²) in [6, 6.07) is 0. The summed E-state index contributed by atoms with van der Waals surface area (Å²) in [5.74, 6) is 0.721. The Balaban J connectivity index is 2.51. The molecule has 0 saturated carbocycles. The Labute approximate surface area is 100 Å². The van der Waals surface area contributed by atoms with E-state index in [1.807, 2.05) is 0 Å². The van der Waals surface area contributed by atoms with Crippen LogP contribution in [0.15, 0.2) is 0 Å². The van der Waals surface area contributed by atoms with Crippen LogP contribution >= 0.6 is 0 Å². The molecule has 0 amide bonds.